The van der Waals surface area contributed by atoms with Crippen LogP contribution in [0.25, 0.3) is 0 Å². The van der Waals surface area contributed by atoms with Crippen molar-refractivity contribution < 1.29 is 14.0 Å². The van der Waals surface area contributed by atoms with Gasteiger partial charge in [0, 0.05) is 0 Å². The third kappa shape index (κ3) is 1.83. The molecule has 82 valence electrons. The van der Waals surface area contributed by atoms with Gasteiger partial charge in [0.15, 0.2) is 5.82 Å². The minimum atomic E-state index is -0.738. The molecule has 16 heavy (non-hydrogen) atoms. The summed E-state index contributed by atoms with van der Waals surface area (Å²) < 4.78 is 17.4. The van der Waals surface area contributed by atoms with Crippen molar-refractivity contribution in [3.05, 3.63) is 40.4 Å². The molecule has 2 N–H and O–H groups in total. The van der Waals surface area contributed by atoms with Crippen LogP contribution in [-0.4, -0.2) is 10.3 Å². The molecule has 1 aromatic heterocycles. The van der Waals surface area contributed by atoms with Gasteiger partial charge in [0.25, 0.3) is 0 Å². The summed E-state index contributed by atoms with van der Waals surface area (Å²) >= 11 is 0. The van der Waals surface area contributed by atoms with Gasteiger partial charge in [-0.1, -0.05) is 12.1 Å². The Kier molecular flexibility index (Phi) is 2.50. The maximum atomic E-state index is 13.1. The summed E-state index contributed by atoms with van der Waals surface area (Å²) in [5, 5.41) is 17.8. The highest BCUT2D eigenvalue weighted by Crippen LogP contribution is 2.24. The maximum absolute atomic E-state index is 13.1. The molecule has 1 heterocycles. The average Bonchev–Trinajstić information content (AvgIpc) is 2.58. The Morgan fingerprint density at radius 3 is 2.69 bits per heavy atom. The zero-order valence-electron chi connectivity index (χ0n) is 7.85. The summed E-state index contributed by atoms with van der Waals surface area (Å²) in [5.74, 6) is -1.27. The zero-order valence-corrected chi connectivity index (χ0v) is 7.85. The number of benzene rings is 1. The normalized spacial score (nSPS) is 11.1. The molecule has 0 fully saturated rings. The molecule has 1 aromatic carbocycles. The van der Waals surface area contributed by atoms with Crippen LogP contribution in [0.1, 0.15) is 0 Å². The highest BCUT2D eigenvalue weighted by molar-refractivity contribution is 5.43. The van der Waals surface area contributed by atoms with Gasteiger partial charge in [-0.25, -0.2) is 4.39 Å². The van der Waals surface area contributed by atoms with Crippen molar-refractivity contribution in [1.29, 1.82) is 0 Å². The van der Waals surface area contributed by atoms with Gasteiger partial charge >= 0.3 is 11.5 Å². The van der Waals surface area contributed by atoms with E-state index in [-0.39, 0.29) is 5.69 Å². The largest absolute Gasteiger partial charge is 0.478 e. The monoisotopic (exact) mass is 223 g/mol. The molecule has 0 unspecified atom stereocenters. The van der Waals surface area contributed by atoms with Gasteiger partial charge in [-0.05, 0) is 12.1 Å². The topological polar surface area (TPSA) is 91.0 Å². The summed E-state index contributed by atoms with van der Waals surface area (Å²) in [4.78, 5) is 11.0. The summed E-state index contributed by atoms with van der Waals surface area (Å²) in [6.07, 6.45) is 0. The van der Waals surface area contributed by atoms with E-state index in [2.05, 4.69) is 14.8 Å². The lowest BCUT2D eigenvalue weighted by Crippen LogP contribution is -1.95. The summed E-state index contributed by atoms with van der Waals surface area (Å²) in [6.45, 7) is 0. The van der Waals surface area contributed by atoms with Gasteiger partial charge in [-0.15, -0.1) is 10.2 Å². The SMILES string of the molecule is O=c1[nH]oc(O)c1N=Nc1ccccc1F. The van der Waals surface area contributed by atoms with Crippen molar-refractivity contribution >= 4 is 11.4 Å². The first-order valence-corrected chi connectivity index (χ1v) is 4.25. The van der Waals surface area contributed by atoms with Crippen molar-refractivity contribution in [3.8, 4) is 5.95 Å². The number of azo groups is 1. The third-order valence-corrected chi connectivity index (χ3v) is 1.77. The second-order valence-electron chi connectivity index (χ2n) is 2.84. The molecule has 0 saturated heterocycles. The van der Waals surface area contributed by atoms with Gasteiger partial charge in [0.05, 0.1) is 0 Å². The van der Waals surface area contributed by atoms with E-state index in [0.29, 0.717) is 0 Å². The first-order valence-electron chi connectivity index (χ1n) is 4.25. The van der Waals surface area contributed by atoms with E-state index in [4.69, 9.17) is 5.11 Å². The highest BCUT2D eigenvalue weighted by Gasteiger charge is 2.10. The van der Waals surface area contributed by atoms with Crippen LogP contribution in [-0.2, 0) is 0 Å². The van der Waals surface area contributed by atoms with Crippen LogP contribution in [0, 0.1) is 5.82 Å². The summed E-state index contributed by atoms with van der Waals surface area (Å²) in [6, 6.07) is 5.64. The van der Waals surface area contributed by atoms with E-state index < -0.39 is 23.0 Å². The predicted molar refractivity (Wildman–Crippen MR) is 51.6 cm³/mol. The second-order valence-corrected chi connectivity index (χ2v) is 2.84. The van der Waals surface area contributed by atoms with Gasteiger partial charge in [-0.3, -0.25) is 4.79 Å². The van der Waals surface area contributed by atoms with E-state index in [1.807, 2.05) is 5.16 Å². The summed E-state index contributed by atoms with van der Waals surface area (Å²) in [7, 11) is 0. The van der Waals surface area contributed by atoms with Crippen molar-refractivity contribution in [2.75, 3.05) is 0 Å². The lowest BCUT2D eigenvalue weighted by molar-refractivity contribution is 0.277. The molecule has 0 saturated carbocycles. The van der Waals surface area contributed by atoms with Crippen LogP contribution >= 0.6 is 0 Å². The van der Waals surface area contributed by atoms with Crippen LogP contribution in [0.15, 0.2) is 43.8 Å². The summed E-state index contributed by atoms with van der Waals surface area (Å²) in [5.41, 5.74) is -1.18. The molecular weight excluding hydrogens is 217 g/mol. The molecule has 2 rings (SSSR count). The molecule has 0 bridgehead atoms. The molecule has 0 aliphatic carbocycles. The Morgan fingerprint density at radius 1 is 1.31 bits per heavy atom. The number of aromatic hydroxyl groups is 1. The lowest BCUT2D eigenvalue weighted by atomic mass is 10.3. The number of aromatic nitrogens is 1. The molecule has 0 aliphatic rings. The van der Waals surface area contributed by atoms with Gasteiger partial charge in [-0.2, -0.15) is 5.16 Å². The number of nitrogens with one attached hydrogen (secondary N) is 1. The van der Waals surface area contributed by atoms with E-state index >= 15 is 0 Å². The van der Waals surface area contributed by atoms with Crippen molar-refractivity contribution in [2.24, 2.45) is 10.2 Å². The first kappa shape index (κ1) is 10.1. The minimum absolute atomic E-state index is 0.0394. The Labute approximate surface area is 88.0 Å². The molecule has 2 aromatic rings. The van der Waals surface area contributed by atoms with E-state index in [1.54, 1.807) is 6.07 Å². The maximum Gasteiger partial charge on any atom is 0.338 e. The fourth-order valence-electron chi connectivity index (χ4n) is 1.01. The first-order chi connectivity index (χ1) is 7.68. The molecule has 7 heteroatoms. The number of aromatic amines is 1. The van der Waals surface area contributed by atoms with Gasteiger partial charge < -0.3 is 9.63 Å². The fourth-order valence-corrected chi connectivity index (χ4v) is 1.01. The van der Waals surface area contributed by atoms with Crippen molar-refractivity contribution in [3.63, 3.8) is 0 Å². The van der Waals surface area contributed by atoms with Crippen LogP contribution in [0.5, 0.6) is 5.95 Å². The van der Waals surface area contributed by atoms with Crippen molar-refractivity contribution in [1.82, 2.24) is 5.16 Å². The standard InChI is InChI=1S/C9H6FN3O3/c10-5-3-1-2-4-6(5)11-12-7-8(14)13-16-9(7)15/h1-4,15H,(H,13,14). The molecule has 0 spiro atoms. The number of halogens is 1. The van der Waals surface area contributed by atoms with Crippen LogP contribution < -0.4 is 5.56 Å². The number of H-pyrrole nitrogens is 1. The molecular formula is C9H6FN3O3. The number of nitrogens with zero attached hydrogens (tertiary/aromatic N) is 2. The molecule has 0 radical (unpaired) electrons. The second kappa shape index (κ2) is 3.97. The van der Waals surface area contributed by atoms with E-state index in [1.165, 1.54) is 18.2 Å². The van der Waals surface area contributed by atoms with Gasteiger partial charge in [0.1, 0.15) is 5.69 Å². The predicted octanol–water partition coefficient (Wildman–Crippen LogP) is 2.23. The number of rotatable bonds is 2. The third-order valence-electron chi connectivity index (χ3n) is 1.77. The van der Waals surface area contributed by atoms with Crippen LogP contribution in [0.2, 0.25) is 0 Å². The number of hydrogen-bond acceptors (Lipinski definition) is 5. The molecule has 0 aliphatic heterocycles. The lowest BCUT2D eigenvalue weighted by Gasteiger charge is -1.92. The van der Waals surface area contributed by atoms with Crippen LogP contribution in [0.4, 0.5) is 15.8 Å². The average molecular weight is 223 g/mol. The molecule has 6 nitrogen and oxygen atoms in total. The zero-order chi connectivity index (χ0) is 11.5. The Bertz CT molecular complexity index is 588. The van der Waals surface area contributed by atoms with Gasteiger partial charge in [0.2, 0.25) is 5.69 Å². The quantitative estimate of drug-likeness (QED) is 0.764. The molecule has 0 atom stereocenters. The smallest absolute Gasteiger partial charge is 0.338 e. The van der Waals surface area contributed by atoms with Crippen LogP contribution in [0.3, 0.4) is 0 Å². The Morgan fingerprint density at radius 2 is 2.06 bits per heavy atom. The fraction of sp³-hybridized carbons (Fsp3) is 0. The Hall–Kier alpha value is -2.44. The highest BCUT2D eigenvalue weighted by atomic mass is 19.1. The number of hydrogen-bond donors (Lipinski definition) is 2. The van der Waals surface area contributed by atoms with E-state index in [0.717, 1.165) is 0 Å². The Balaban J connectivity index is 2.36. The molecule has 0 amide bonds. The minimum Gasteiger partial charge on any atom is -0.478 e. The van der Waals surface area contributed by atoms with Crippen molar-refractivity contribution in [2.45, 2.75) is 0 Å². The van der Waals surface area contributed by atoms with E-state index in [9.17, 15) is 9.18 Å².